The fourth-order valence-corrected chi connectivity index (χ4v) is 7.35. The number of aliphatic hydroxyl groups excluding tert-OH is 1. The Hall–Kier alpha value is -9.60. The first kappa shape index (κ1) is 55.3. The molecule has 1 aliphatic rings. The molecular formula is C52H52O22. The van der Waals surface area contributed by atoms with E-state index in [1.54, 1.807) is 0 Å². The molecule has 0 aliphatic heterocycles. The van der Waals surface area contributed by atoms with E-state index in [1.807, 2.05) is 0 Å². The van der Waals surface area contributed by atoms with E-state index < -0.39 is 76.6 Å². The van der Waals surface area contributed by atoms with Gasteiger partial charge in [-0.15, -0.1) is 0 Å². The summed E-state index contributed by atoms with van der Waals surface area (Å²) in [5.74, 6) is -5.43. The number of esters is 2. The number of phenolic OH excluding ortho intramolecular Hbond substituents is 7. The van der Waals surface area contributed by atoms with E-state index in [4.69, 9.17) is 47.4 Å². The Labute approximate surface area is 422 Å². The highest BCUT2D eigenvalue weighted by atomic mass is 16.6. The lowest BCUT2D eigenvalue weighted by molar-refractivity contribution is -0.113. The largest absolute Gasteiger partial charge is 0.508 e. The number of allylic oxidation sites excluding steroid dienone is 4. The maximum atomic E-state index is 13.4. The molecule has 22 nitrogen and oxygen atoms in total. The Balaban J connectivity index is 0.000000274. The lowest BCUT2D eigenvalue weighted by atomic mass is 9.98. The van der Waals surface area contributed by atoms with Crippen molar-refractivity contribution in [3.8, 4) is 80.5 Å². The third-order valence-corrected chi connectivity index (χ3v) is 11.0. The van der Waals surface area contributed by atoms with E-state index in [-0.39, 0.29) is 97.3 Å². The zero-order valence-corrected chi connectivity index (χ0v) is 40.9. The molecule has 0 radical (unpaired) electrons. The van der Waals surface area contributed by atoms with E-state index >= 15 is 0 Å². The highest BCUT2D eigenvalue weighted by Crippen LogP contribution is 2.41. The first-order valence-corrected chi connectivity index (χ1v) is 21.6. The van der Waals surface area contributed by atoms with Crippen molar-refractivity contribution in [2.75, 3.05) is 56.9 Å². The molecule has 74 heavy (non-hydrogen) atoms. The van der Waals surface area contributed by atoms with Gasteiger partial charge in [-0.25, -0.2) is 9.59 Å². The van der Waals surface area contributed by atoms with E-state index in [0.717, 1.165) is 42.5 Å². The monoisotopic (exact) mass is 1030 g/mol. The summed E-state index contributed by atoms with van der Waals surface area (Å²) in [7, 11) is 10.9. The smallest absolute Gasteiger partial charge is 0.339 e. The Morgan fingerprint density at radius 1 is 0.459 bits per heavy atom. The van der Waals surface area contributed by atoms with Crippen LogP contribution in [0.15, 0.2) is 102 Å². The lowest BCUT2D eigenvalue weighted by Crippen LogP contribution is -2.30. The van der Waals surface area contributed by atoms with Crippen LogP contribution in [0.25, 0.3) is 0 Å². The molecule has 392 valence electrons. The second-order valence-electron chi connectivity index (χ2n) is 15.5. The van der Waals surface area contributed by atoms with Gasteiger partial charge in [-0.2, -0.15) is 0 Å². The molecule has 6 rings (SSSR count). The fourth-order valence-electron chi connectivity index (χ4n) is 7.35. The summed E-state index contributed by atoms with van der Waals surface area (Å²) in [6.07, 6.45) is -0.0142. The van der Waals surface area contributed by atoms with Gasteiger partial charge in [0.2, 0.25) is 23.1 Å². The number of Topliss-reactive ketones (excluding diaryl/α,β-unsaturated/α-hetero) is 1. The number of ketones is 2. The Kier molecular flexibility index (Phi) is 18.3. The van der Waals surface area contributed by atoms with Crippen LogP contribution < -0.4 is 33.2 Å². The molecule has 0 amide bonds. The molecule has 0 bridgehead atoms. The van der Waals surface area contributed by atoms with Crippen molar-refractivity contribution >= 4 is 23.5 Å². The molecule has 0 fully saturated rings. The maximum Gasteiger partial charge on any atom is 0.339 e. The number of hydrogen-bond acceptors (Lipinski definition) is 22. The zero-order valence-electron chi connectivity index (χ0n) is 40.9. The number of rotatable bonds is 19. The van der Waals surface area contributed by atoms with Crippen molar-refractivity contribution in [2.24, 2.45) is 0 Å². The Morgan fingerprint density at radius 3 is 1.23 bits per heavy atom. The van der Waals surface area contributed by atoms with Crippen molar-refractivity contribution in [3.05, 3.63) is 130 Å². The Bertz CT molecular complexity index is 2930. The molecule has 1 aliphatic carbocycles. The van der Waals surface area contributed by atoms with Crippen LogP contribution >= 0.6 is 0 Å². The average molecular weight is 1030 g/mol. The minimum absolute atomic E-state index is 0.00275. The van der Waals surface area contributed by atoms with Gasteiger partial charge < -0.3 is 88.2 Å². The second-order valence-corrected chi connectivity index (χ2v) is 15.5. The number of aromatic hydroxyl groups is 7. The molecule has 22 heteroatoms. The number of methoxy groups -OCH3 is 8. The highest BCUT2D eigenvalue weighted by molar-refractivity contribution is 6.04. The van der Waals surface area contributed by atoms with Crippen LogP contribution in [0.4, 0.5) is 0 Å². The summed E-state index contributed by atoms with van der Waals surface area (Å²) in [4.78, 5) is 51.5. The van der Waals surface area contributed by atoms with Crippen molar-refractivity contribution in [1.82, 2.24) is 0 Å². The van der Waals surface area contributed by atoms with Crippen LogP contribution in [-0.2, 0) is 31.8 Å². The van der Waals surface area contributed by atoms with Gasteiger partial charge in [-0.1, -0.05) is 0 Å². The van der Waals surface area contributed by atoms with Crippen LogP contribution in [0.5, 0.6) is 80.5 Å². The van der Waals surface area contributed by atoms with Gasteiger partial charge in [0.15, 0.2) is 52.5 Å². The van der Waals surface area contributed by atoms with Crippen LogP contribution in [0.2, 0.25) is 0 Å². The predicted octanol–water partition coefficient (Wildman–Crippen LogP) is 6.27. The summed E-state index contributed by atoms with van der Waals surface area (Å²) >= 11 is 0. The molecule has 2 atom stereocenters. The first-order valence-electron chi connectivity index (χ1n) is 21.6. The summed E-state index contributed by atoms with van der Waals surface area (Å²) in [5.41, 5.74) is -0.0408. The fraction of sp³-hybridized carbons (Fsp3) is 0.231. The summed E-state index contributed by atoms with van der Waals surface area (Å²) < 4.78 is 53.3. The number of hydrogen-bond donors (Lipinski definition) is 8. The maximum absolute atomic E-state index is 13.4. The van der Waals surface area contributed by atoms with Gasteiger partial charge in [-0.3, -0.25) is 9.59 Å². The molecule has 0 heterocycles. The zero-order chi connectivity index (χ0) is 54.6. The topological polar surface area (TPSA) is 322 Å². The number of aliphatic hydroxyl groups is 1. The molecule has 8 N–H and O–H groups in total. The van der Waals surface area contributed by atoms with E-state index in [2.05, 4.69) is 0 Å². The standard InChI is InChI=1S/2C26H26O11/c1-33-20-6-5-13(7-19(20)30)24(31)21(12-16-17(28)10-15(27)11-18(16)29)37-26(32)14-8-22(34-2)25(36-4)23(9-14)35-3;1-33-21-8-14(9-22(34-2)25(21)36-4)26(32)37-23(12-16-18(29)10-15(27)11-19(16)30)24(35-3)13-5-6-17(28)20(31)7-13/h5-11,21,27-30H,12H2,1-4H3;5-11,23,27,29-31H,12H2,1-4H3/b;24-13+/t21-;23-/m11/s1. The van der Waals surface area contributed by atoms with E-state index in [9.17, 15) is 60.0 Å². The van der Waals surface area contributed by atoms with Gasteiger partial charge in [0.1, 0.15) is 40.3 Å². The minimum Gasteiger partial charge on any atom is -0.508 e. The Morgan fingerprint density at radius 2 is 0.865 bits per heavy atom. The quantitative estimate of drug-likeness (QED) is 0.0256. The van der Waals surface area contributed by atoms with E-state index in [1.165, 1.54) is 99.4 Å². The molecular weight excluding hydrogens is 977 g/mol. The van der Waals surface area contributed by atoms with Crippen molar-refractivity contribution < 1.29 is 107 Å². The molecule has 5 aromatic rings. The second kappa shape index (κ2) is 24.5. The van der Waals surface area contributed by atoms with Crippen molar-refractivity contribution in [2.45, 2.75) is 25.0 Å². The average Bonchev–Trinajstić information content (AvgIpc) is 3.37. The number of ether oxygens (including phenoxy) is 10. The minimum atomic E-state index is -1.57. The molecule has 0 aromatic heterocycles. The first-order chi connectivity index (χ1) is 35.2. The van der Waals surface area contributed by atoms with Crippen molar-refractivity contribution in [3.63, 3.8) is 0 Å². The number of carbonyl (C=O) groups excluding carboxylic acids is 4. The van der Waals surface area contributed by atoms with Crippen molar-refractivity contribution in [1.29, 1.82) is 0 Å². The number of carbonyl (C=O) groups is 4. The SMILES string of the molecule is CO/C(=C1\C=CC(=O)C(O)=C1)[C@@H](Cc1c(O)cc(O)cc1O)OC(=O)c1cc(OC)c(OC)c(OC)c1.COc1ccc(C(=O)[C@@H](Cc2c(O)cc(O)cc2O)OC(=O)c2cc(OC)c(OC)c(OC)c2)cc1O. The highest BCUT2D eigenvalue weighted by Gasteiger charge is 2.32. The van der Waals surface area contributed by atoms with Crippen LogP contribution in [0.1, 0.15) is 42.2 Å². The van der Waals surface area contributed by atoms with Gasteiger partial charge in [0.25, 0.3) is 0 Å². The summed E-state index contributed by atoms with van der Waals surface area (Å²) in [6.45, 7) is 0. The molecule has 5 aromatic carbocycles. The van der Waals surface area contributed by atoms with Gasteiger partial charge in [-0.05, 0) is 60.7 Å². The normalized spacial score (nSPS) is 13.1. The molecule has 0 unspecified atom stereocenters. The predicted molar refractivity (Wildman–Crippen MR) is 259 cm³/mol. The van der Waals surface area contributed by atoms with Gasteiger partial charge in [0, 0.05) is 59.4 Å². The molecule has 0 spiro atoms. The molecule has 0 saturated heterocycles. The third-order valence-electron chi connectivity index (χ3n) is 11.0. The molecule has 0 saturated carbocycles. The van der Waals surface area contributed by atoms with E-state index in [0.29, 0.717) is 0 Å². The van der Waals surface area contributed by atoms with Crippen LogP contribution in [0, 0.1) is 0 Å². The van der Waals surface area contributed by atoms with Gasteiger partial charge >= 0.3 is 11.9 Å². The number of benzene rings is 5. The van der Waals surface area contributed by atoms with Crippen LogP contribution in [-0.4, -0.2) is 133 Å². The van der Waals surface area contributed by atoms with Crippen LogP contribution in [0.3, 0.4) is 0 Å². The van der Waals surface area contributed by atoms with Gasteiger partial charge in [0.05, 0.1) is 68.0 Å². The summed E-state index contributed by atoms with van der Waals surface area (Å²) in [6, 6.07) is 13.2. The third kappa shape index (κ3) is 12.6. The number of phenols is 7. The lowest BCUT2D eigenvalue weighted by Gasteiger charge is -2.23. The summed E-state index contributed by atoms with van der Waals surface area (Å²) in [5, 5.41) is 80.5.